The molecule has 1 heterocycles. The molecule has 0 aliphatic heterocycles. The zero-order valence-corrected chi connectivity index (χ0v) is 21.2. The minimum absolute atomic E-state index is 0.0219. The summed E-state index contributed by atoms with van der Waals surface area (Å²) >= 11 is 9.59. The summed E-state index contributed by atoms with van der Waals surface area (Å²) in [6.45, 7) is 3.84. The molecular weight excluding hydrogens is 536 g/mol. The van der Waals surface area contributed by atoms with E-state index in [0.717, 1.165) is 4.47 Å². The van der Waals surface area contributed by atoms with E-state index < -0.39 is 4.92 Å². The van der Waals surface area contributed by atoms with E-state index in [0.29, 0.717) is 32.9 Å². The summed E-state index contributed by atoms with van der Waals surface area (Å²) in [4.78, 5) is 29.0. The van der Waals surface area contributed by atoms with Crippen molar-refractivity contribution in [3.05, 3.63) is 108 Å². The van der Waals surface area contributed by atoms with Gasteiger partial charge in [-0.15, -0.1) is 0 Å². The maximum Gasteiger partial charge on any atom is 0.311 e. The number of halogens is 2. The Morgan fingerprint density at radius 1 is 1.20 bits per heavy atom. The fraction of sp³-hybridized carbons (Fsp3) is 0.160. The summed E-state index contributed by atoms with van der Waals surface area (Å²) < 4.78 is 7.81. The van der Waals surface area contributed by atoms with Gasteiger partial charge in [0.15, 0.2) is 0 Å². The molecule has 178 valence electrons. The van der Waals surface area contributed by atoms with Crippen molar-refractivity contribution in [2.45, 2.75) is 26.4 Å². The zero-order valence-electron chi connectivity index (χ0n) is 18.8. The number of hydrogen-bond donors (Lipinski definition) is 0. The molecule has 3 aromatic carbocycles. The van der Waals surface area contributed by atoms with E-state index in [2.05, 4.69) is 26.0 Å². The summed E-state index contributed by atoms with van der Waals surface area (Å²) in [5, 5.41) is 17.0. The van der Waals surface area contributed by atoms with E-state index in [1.54, 1.807) is 42.5 Å². The highest BCUT2D eigenvalue weighted by molar-refractivity contribution is 9.10. The second kappa shape index (κ2) is 10.4. The number of hydrogen-bond acceptors (Lipinski definition) is 6. The molecule has 0 aliphatic carbocycles. The monoisotopic (exact) mass is 554 g/mol. The van der Waals surface area contributed by atoms with Crippen LogP contribution in [0.4, 0.5) is 5.69 Å². The Kier molecular flexibility index (Phi) is 7.28. The summed E-state index contributed by atoms with van der Waals surface area (Å²) in [6, 6.07) is 16.9. The van der Waals surface area contributed by atoms with Crippen LogP contribution in [0.15, 0.2) is 75.0 Å². The third kappa shape index (κ3) is 5.26. The third-order valence-electron chi connectivity index (χ3n) is 5.21. The van der Waals surface area contributed by atoms with Gasteiger partial charge in [0.2, 0.25) is 5.75 Å². The van der Waals surface area contributed by atoms with Gasteiger partial charge >= 0.3 is 5.69 Å². The number of nitro benzene ring substituents is 1. The molecule has 1 aromatic heterocycles. The van der Waals surface area contributed by atoms with Crippen LogP contribution < -0.4 is 10.3 Å². The predicted molar refractivity (Wildman–Crippen MR) is 140 cm³/mol. The SMILES string of the molecule is CC(C)c1nc2ccc(Br)cc2c(=O)n1N=Cc1cccc([N+](=O)[O-])c1OCc1ccccc1Cl. The van der Waals surface area contributed by atoms with E-state index in [1.165, 1.54) is 23.0 Å². The van der Waals surface area contributed by atoms with Crippen molar-refractivity contribution in [3.8, 4) is 5.75 Å². The van der Waals surface area contributed by atoms with Crippen LogP contribution in [0.3, 0.4) is 0 Å². The fourth-order valence-corrected chi connectivity index (χ4v) is 4.03. The van der Waals surface area contributed by atoms with Crippen molar-refractivity contribution in [1.29, 1.82) is 0 Å². The Morgan fingerprint density at radius 3 is 2.69 bits per heavy atom. The molecule has 0 unspecified atom stereocenters. The lowest BCUT2D eigenvalue weighted by Gasteiger charge is -2.13. The van der Waals surface area contributed by atoms with Gasteiger partial charge in [0, 0.05) is 32.6 Å². The molecule has 0 atom stereocenters. The zero-order chi connectivity index (χ0) is 25.1. The van der Waals surface area contributed by atoms with E-state index in [9.17, 15) is 14.9 Å². The van der Waals surface area contributed by atoms with E-state index >= 15 is 0 Å². The Balaban J connectivity index is 1.80. The first-order chi connectivity index (χ1) is 16.8. The van der Waals surface area contributed by atoms with Crippen LogP contribution in [-0.4, -0.2) is 20.8 Å². The fourth-order valence-electron chi connectivity index (χ4n) is 3.48. The van der Waals surface area contributed by atoms with Gasteiger partial charge in [0.05, 0.1) is 22.0 Å². The molecule has 0 saturated carbocycles. The molecule has 4 aromatic rings. The summed E-state index contributed by atoms with van der Waals surface area (Å²) in [5.41, 5.74) is 1.01. The molecule has 4 rings (SSSR count). The van der Waals surface area contributed by atoms with Gasteiger partial charge in [-0.3, -0.25) is 14.9 Å². The van der Waals surface area contributed by atoms with Crippen LogP contribution >= 0.6 is 27.5 Å². The number of nitrogens with zero attached hydrogens (tertiary/aromatic N) is 4. The van der Waals surface area contributed by atoms with Crippen molar-refractivity contribution in [2.24, 2.45) is 5.10 Å². The summed E-state index contributed by atoms with van der Waals surface area (Å²) in [5.74, 6) is 0.385. The van der Waals surface area contributed by atoms with Gasteiger partial charge in [0.1, 0.15) is 12.4 Å². The molecule has 0 N–H and O–H groups in total. The Hall–Kier alpha value is -3.56. The van der Waals surface area contributed by atoms with Crippen molar-refractivity contribution < 1.29 is 9.66 Å². The molecule has 0 radical (unpaired) electrons. The Labute approximate surface area is 214 Å². The average Bonchev–Trinajstić information content (AvgIpc) is 2.83. The van der Waals surface area contributed by atoms with Crippen molar-refractivity contribution in [3.63, 3.8) is 0 Å². The summed E-state index contributed by atoms with van der Waals surface area (Å²) in [6.07, 6.45) is 1.37. The van der Waals surface area contributed by atoms with Crippen LogP contribution in [0.25, 0.3) is 10.9 Å². The number of aromatic nitrogens is 2. The molecule has 0 aliphatic rings. The molecule has 8 nitrogen and oxygen atoms in total. The molecular formula is C25H20BrClN4O4. The molecule has 0 amide bonds. The lowest BCUT2D eigenvalue weighted by atomic mass is 10.1. The van der Waals surface area contributed by atoms with Gasteiger partial charge < -0.3 is 4.74 Å². The highest BCUT2D eigenvalue weighted by Crippen LogP contribution is 2.31. The van der Waals surface area contributed by atoms with Crippen LogP contribution in [0, 0.1) is 10.1 Å². The van der Waals surface area contributed by atoms with Gasteiger partial charge in [-0.2, -0.15) is 9.78 Å². The number of benzene rings is 3. The first-order valence-electron chi connectivity index (χ1n) is 10.7. The van der Waals surface area contributed by atoms with Crippen LogP contribution in [0.5, 0.6) is 5.75 Å². The maximum absolute atomic E-state index is 13.3. The van der Waals surface area contributed by atoms with E-state index in [4.69, 9.17) is 16.3 Å². The van der Waals surface area contributed by atoms with Crippen molar-refractivity contribution >= 4 is 50.3 Å². The number of rotatable bonds is 7. The van der Waals surface area contributed by atoms with Gasteiger partial charge in [-0.05, 0) is 30.3 Å². The number of nitro groups is 1. The van der Waals surface area contributed by atoms with Crippen LogP contribution in [0.2, 0.25) is 5.02 Å². The normalized spacial score (nSPS) is 11.5. The van der Waals surface area contributed by atoms with Crippen LogP contribution in [0.1, 0.15) is 36.7 Å². The molecule has 0 fully saturated rings. The number of fused-ring (bicyclic) bond motifs is 1. The molecule has 35 heavy (non-hydrogen) atoms. The minimum atomic E-state index is -0.528. The molecule has 0 spiro atoms. The van der Waals surface area contributed by atoms with E-state index in [-0.39, 0.29) is 29.5 Å². The first kappa shape index (κ1) is 24.6. The average molecular weight is 556 g/mol. The molecule has 0 saturated heterocycles. The maximum atomic E-state index is 13.3. The summed E-state index contributed by atoms with van der Waals surface area (Å²) in [7, 11) is 0. The third-order valence-corrected chi connectivity index (χ3v) is 6.08. The Morgan fingerprint density at radius 2 is 1.97 bits per heavy atom. The van der Waals surface area contributed by atoms with E-state index in [1.807, 2.05) is 19.9 Å². The smallest absolute Gasteiger partial charge is 0.311 e. The minimum Gasteiger partial charge on any atom is -0.481 e. The van der Waals surface area contributed by atoms with Gasteiger partial charge in [-0.1, -0.05) is 65.6 Å². The largest absolute Gasteiger partial charge is 0.481 e. The highest BCUT2D eigenvalue weighted by atomic mass is 79.9. The number of ether oxygens (including phenoxy) is 1. The van der Waals surface area contributed by atoms with Crippen LogP contribution in [-0.2, 0) is 6.61 Å². The Bertz CT molecular complexity index is 1520. The standard InChI is InChI=1S/C25H20BrClN4O4/c1-15(2)24-29-21-11-10-18(26)12-19(21)25(32)30(24)28-13-16-7-5-9-22(31(33)34)23(16)35-14-17-6-3-4-8-20(17)27/h3-13,15H,14H2,1-2H3. The predicted octanol–water partition coefficient (Wildman–Crippen LogP) is 6.31. The first-order valence-corrected chi connectivity index (χ1v) is 11.8. The second-order valence-electron chi connectivity index (χ2n) is 7.98. The molecule has 0 bridgehead atoms. The number of para-hydroxylation sites is 1. The van der Waals surface area contributed by atoms with Crippen molar-refractivity contribution in [1.82, 2.24) is 9.66 Å². The highest BCUT2D eigenvalue weighted by Gasteiger charge is 2.20. The van der Waals surface area contributed by atoms with Crippen molar-refractivity contribution in [2.75, 3.05) is 0 Å². The van der Waals surface area contributed by atoms with Gasteiger partial charge in [-0.25, -0.2) is 4.98 Å². The quantitative estimate of drug-likeness (QED) is 0.151. The van der Waals surface area contributed by atoms with Gasteiger partial charge in [0.25, 0.3) is 5.56 Å². The lowest BCUT2D eigenvalue weighted by Crippen LogP contribution is -2.23. The molecule has 10 heteroatoms. The topological polar surface area (TPSA) is 99.6 Å². The lowest BCUT2D eigenvalue weighted by molar-refractivity contribution is -0.385. The second-order valence-corrected chi connectivity index (χ2v) is 9.30.